The van der Waals surface area contributed by atoms with Crippen molar-refractivity contribution in [1.29, 1.82) is 0 Å². The molecule has 0 radical (unpaired) electrons. The first-order valence-electron chi connectivity index (χ1n) is 8.19. The third-order valence-corrected chi connectivity index (χ3v) is 5.86. The van der Waals surface area contributed by atoms with Gasteiger partial charge in [-0.05, 0) is 41.3 Å². The van der Waals surface area contributed by atoms with Crippen LogP contribution in [0.5, 0.6) is 0 Å². The van der Waals surface area contributed by atoms with Crippen LogP contribution < -0.4 is 10.9 Å². The Kier molecular flexibility index (Phi) is 6.62. The van der Waals surface area contributed by atoms with Crippen LogP contribution >= 0.6 is 23.1 Å². The van der Waals surface area contributed by atoms with Gasteiger partial charge in [-0.25, -0.2) is 4.39 Å². The third-order valence-electron chi connectivity index (χ3n) is 3.68. The summed E-state index contributed by atoms with van der Waals surface area (Å²) in [5.41, 5.74) is 6.01. The van der Waals surface area contributed by atoms with Gasteiger partial charge in [-0.3, -0.25) is 20.4 Å². The summed E-state index contributed by atoms with van der Waals surface area (Å²) in [6.45, 7) is 0. The van der Waals surface area contributed by atoms with E-state index in [0.29, 0.717) is 11.1 Å². The molecular formula is C20H17FN2O2S2. The third kappa shape index (κ3) is 5.67. The lowest BCUT2D eigenvalue weighted by Gasteiger charge is -2.10. The van der Waals surface area contributed by atoms with Crippen molar-refractivity contribution in [2.45, 2.75) is 17.1 Å². The molecule has 0 aliphatic rings. The molecule has 0 atom stereocenters. The number of carbonyl (C=O) groups is 2. The Hall–Kier alpha value is -2.64. The Morgan fingerprint density at radius 2 is 1.74 bits per heavy atom. The van der Waals surface area contributed by atoms with Crippen LogP contribution in [0, 0.1) is 5.82 Å². The molecular weight excluding hydrogens is 383 g/mol. The predicted molar refractivity (Wildman–Crippen MR) is 106 cm³/mol. The van der Waals surface area contributed by atoms with E-state index < -0.39 is 0 Å². The second-order valence-corrected chi connectivity index (χ2v) is 7.72. The van der Waals surface area contributed by atoms with Gasteiger partial charge in [0.05, 0.1) is 12.0 Å². The standard InChI is InChI=1S/C20H17FN2O2S2/c21-15-9-7-14(8-10-15)12-19(24)22-23-20(25)17-5-1-2-6-18(17)27-13-16-4-3-11-26-16/h1-11H,12-13H2,(H,22,24)(H,23,25). The summed E-state index contributed by atoms with van der Waals surface area (Å²) in [6.07, 6.45) is 0.0509. The van der Waals surface area contributed by atoms with Crippen molar-refractivity contribution in [1.82, 2.24) is 10.9 Å². The molecule has 0 unspecified atom stereocenters. The molecule has 3 aromatic rings. The fourth-order valence-corrected chi connectivity index (χ4v) is 4.17. The maximum Gasteiger partial charge on any atom is 0.270 e. The zero-order valence-corrected chi connectivity index (χ0v) is 15.9. The molecule has 3 rings (SSSR count). The Bertz CT molecular complexity index is 912. The van der Waals surface area contributed by atoms with Crippen LogP contribution in [0.3, 0.4) is 0 Å². The highest BCUT2D eigenvalue weighted by atomic mass is 32.2. The van der Waals surface area contributed by atoms with E-state index in [1.807, 2.05) is 23.6 Å². The molecule has 1 heterocycles. The predicted octanol–water partition coefficient (Wildman–Crippen LogP) is 4.18. The molecule has 2 amide bonds. The second-order valence-electron chi connectivity index (χ2n) is 5.67. The van der Waals surface area contributed by atoms with Crippen LogP contribution in [-0.2, 0) is 17.0 Å². The first kappa shape index (κ1) is 19.1. The molecule has 1 aromatic heterocycles. The average Bonchev–Trinajstić information content (AvgIpc) is 3.20. The Morgan fingerprint density at radius 1 is 0.963 bits per heavy atom. The van der Waals surface area contributed by atoms with Crippen LogP contribution in [-0.4, -0.2) is 11.8 Å². The van der Waals surface area contributed by atoms with Gasteiger partial charge in [-0.1, -0.05) is 30.3 Å². The lowest BCUT2D eigenvalue weighted by atomic mass is 10.1. The van der Waals surface area contributed by atoms with Crippen LogP contribution in [0.4, 0.5) is 4.39 Å². The number of nitrogens with one attached hydrogen (secondary N) is 2. The number of halogens is 1. The van der Waals surface area contributed by atoms with E-state index in [4.69, 9.17) is 0 Å². The van der Waals surface area contributed by atoms with E-state index in [9.17, 15) is 14.0 Å². The normalized spacial score (nSPS) is 10.4. The van der Waals surface area contributed by atoms with Gasteiger partial charge in [0.2, 0.25) is 5.91 Å². The van der Waals surface area contributed by atoms with Crippen molar-refractivity contribution < 1.29 is 14.0 Å². The molecule has 27 heavy (non-hydrogen) atoms. The number of thioether (sulfide) groups is 1. The average molecular weight is 401 g/mol. The van der Waals surface area contributed by atoms with Gasteiger partial charge >= 0.3 is 0 Å². The molecule has 2 N–H and O–H groups in total. The van der Waals surface area contributed by atoms with Crippen molar-refractivity contribution >= 4 is 34.9 Å². The number of amides is 2. The molecule has 0 spiro atoms. The van der Waals surface area contributed by atoms with Gasteiger partial charge in [-0.15, -0.1) is 23.1 Å². The zero-order chi connectivity index (χ0) is 19.1. The molecule has 0 bridgehead atoms. The summed E-state index contributed by atoms with van der Waals surface area (Å²) < 4.78 is 12.9. The fourth-order valence-electron chi connectivity index (χ4n) is 2.35. The van der Waals surface area contributed by atoms with Gasteiger partial charge in [-0.2, -0.15) is 0 Å². The number of hydrogen-bond donors (Lipinski definition) is 2. The van der Waals surface area contributed by atoms with Gasteiger partial charge < -0.3 is 0 Å². The highest BCUT2D eigenvalue weighted by molar-refractivity contribution is 7.98. The molecule has 2 aromatic carbocycles. The van der Waals surface area contributed by atoms with E-state index in [-0.39, 0.29) is 24.1 Å². The molecule has 0 saturated heterocycles. The first-order valence-corrected chi connectivity index (χ1v) is 10.1. The van der Waals surface area contributed by atoms with Crippen molar-refractivity contribution in [3.8, 4) is 0 Å². The largest absolute Gasteiger partial charge is 0.273 e. The van der Waals surface area contributed by atoms with Gasteiger partial charge in [0.15, 0.2) is 0 Å². The van der Waals surface area contributed by atoms with Crippen LogP contribution in [0.2, 0.25) is 0 Å². The van der Waals surface area contributed by atoms with Crippen LogP contribution in [0.1, 0.15) is 20.8 Å². The highest BCUT2D eigenvalue weighted by Gasteiger charge is 2.13. The maximum absolute atomic E-state index is 12.9. The summed E-state index contributed by atoms with van der Waals surface area (Å²) in [7, 11) is 0. The van der Waals surface area contributed by atoms with Crippen molar-refractivity contribution in [3.05, 3.63) is 87.9 Å². The van der Waals surface area contributed by atoms with Crippen molar-refractivity contribution in [2.24, 2.45) is 0 Å². The zero-order valence-electron chi connectivity index (χ0n) is 14.3. The molecule has 7 heteroatoms. The quantitative estimate of drug-likeness (QED) is 0.482. The minimum Gasteiger partial charge on any atom is -0.273 e. The Balaban J connectivity index is 1.55. The number of benzene rings is 2. The first-order chi connectivity index (χ1) is 13.1. The van der Waals surface area contributed by atoms with Gasteiger partial charge in [0.25, 0.3) is 5.91 Å². The smallest absolute Gasteiger partial charge is 0.270 e. The molecule has 0 saturated carbocycles. The summed E-state index contributed by atoms with van der Waals surface area (Å²) in [5.74, 6) is -0.335. The number of rotatable bonds is 6. The number of thiophene rings is 1. The summed E-state index contributed by atoms with van der Waals surface area (Å²) in [5, 5.41) is 2.02. The van der Waals surface area contributed by atoms with E-state index in [1.54, 1.807) is 35.2 Å². The van der Waals surface area contributed by atoms with E-state index >= 15 is 0 Å². The minimum atomic E-state index is -0.378. The van der Waals surface area contributed by atoms with Gasteiger partial charge in [0.1, 0.15) is 5.82 Å². The SMILES string of the molecule is O=C(Cc1ccc(F)cc1)NNC(=O)c1ccccc1SCc1cccs1. The second kappa shape index (κ2) is 9.34. The van der Waals surface area contributed by atoms with Crippen molar-refractivity contribution in [3.63, 3.8) is 0 Å². The lowest BCUT2D eigenvalue weighted by Crippen LogP contribution is -2.42. The number of hydrogen-bond acceptors (Lipinski definition) is 4. The molecule has 0 aliphatic carbocycles. The van der Waals surface area contributed by atoms with E-state index in [2.05, 4.69) is 16.9 Å². The fraction of sp³-hybridized carbons (Fsp3) is 0.100. The minimum absolute atomic E-state index is 0.0509. The molecule has 0 fully saturated rings. The Morgan fingerprint density at radius 3 is 2.48 bits per heavy atom. The monoisotopic (exact) mass is 400 g/mol. The molecule has 138 valence electrons. The summed E-state index contributed by atoms with van der Waals surface area (Å²) >= 11 is 3.24. The van der Waals surface area contributed by atoms with E-state index in [0.717, 1.165) is 10.6 Å². The topological polar surface area (TPSA) is 58.2 Å². The summed E-state index contributed by atoms with van der Waals surface area (Å²) in [4.78, 5) is 26.5. The maximum atomic E-state index is 12.9. The highest BCUT2D eigenvalue weighted by Crippen LogP contribution is 2.27. The van der Waals surface area contributed by atoms with Crippen molar-refractivity contribution in [2.75, 3.05) is 0 Å². The van der Waals surface area contributed by atoms with Crippen LogP contribution in [0.25, 0.3) is 0 Å². The Labute approximate surface area is 164 Å². The molecule has 0 aliphatic heterocycles. The lowest BCUT2D eigenvalue weighted by molar-refractivity contribution is -0.121. The number of carbonyl (C=O) groups excluding carboxylic acids is 2. The van der Waals surface area contributed by atoms with E-state index in [1.165, 1.54) is 29.1 Å². The molecule has 4 nitrogen and oxygen atoms in total. The van der Waals surface area contributed by atoms with Crippen LogP contribution in [0.15, 0.2) is 70.9 Å². The summed E-state index contributed by atoms with van der Waals surface area (Å²) in [6, 6.07) is 17.0. The van der Waals surface area contributed by atoms with Gasteiger partial charge in [0, 0.05) is 15.5 Å². The number of hydrazine groups is 1.